The summed E-state index contributed by atoms with van der Waals surface area (Å²) in [6, 6.07) is 13.5. The quantitative estimate of drug-likeness (QED) is 0.357. The highest BCUT2D eigenvalue weighted by atomic mass is 16.5. The van der Waals surface area contributed by atoms with Crippen LogP contribution in [0.3, 0.4) is 0 Å². The van der Waals surface area contributed by atoms with Gasteiger partial charge in [0.05, 0.1) is 12.7 Å². The van der Waals surface area contributed by atoms with Gasteiger partial charge >= 0.3 is 11.6 Å². The lowest BCUT2D eigenvalue weighted by Crippen LogP contribution is -2.09. The lowest BCUT2D eigenvalue weighted by Gasteiger charge is -2.09. The van der Waals surface area contributed by atoms with E-state index in [1.165, 1.54) is 13.2 Å². The topological polar surface area (TPSA) is 75.0 Å². The van der Waals surface area contributed by atoms with E-state index in [1.54, 1.807) is 30.3 Å². The van der Waals surface area contributed by atoms with Gasteiger partial charge < -0.3 is 18.6 Å². The average molecular weight is 384 g/mol. The van der Waals surface area contributed by atoms with E-state index in [2.05, 4.69) is 4.74 Å². The van der Waals surface area contributed by atoms with Crippen molar-refractivity contribution in [2.24, 2.45) is 0 Å². The molecule has 6 nitrogen and oxygen atoms in total. The average Bonchev–Trinajstić information content (AvgIpc) is 2.72. The van der Waals surface area contributed by atoms with Crippen molar-refractivity contribution in [3.63, 3.8) is 0 Å². The second kappa shape index (κ2) is 10.2. The zero-order chi connectivity index (χ0) is 20.5. The van der Waals surface area contributed by atoms with E-state index < -0.39 is 5.97 Å². The molecule has 0 fully saturated rings. The summed E-state index contributed by atoms with van der Waals surface area (Å²) in [5, 5.41) is 0.874. The third-order valence-corrected chi connectivity index (χ3v) is 3.82. The summed E-state index contributed by atoms with van der Waals surface area (Å²) >= 11 is 0. The number of ether oxygens (including phenoxy) is 3. The maximum Gasteiger partial charge on any atom is 0.337 e. The number of carbonyl (C=O) groups excluding carboxylic acids is 1. The van der Waals surface area contributed by atoms with Crippen LogP contribution in [0.15, 0.2) is 57.7 Å². The molecular formula is C22H24O6. The highest BCUT2D eigenvalue weighted by Gasteiger charge is 2.06. The Morgan fingerprint density at radius 1 is 0.929 bits per heavy atom. The van der Waals surface area contributed by atoms with Gasteiger partial charge in [-0.05, 0) is 48.9 Å². The van der Waals surface area contributed by atoms with Crippen molar-refractivity contribution in [3.8, 4) is 11.5 Å². The first-order valence-electron chi connectivity index (χ1n) is 9.05. The molecule has 3 rings (SSSR count). The van der Waals surface area contributed by atoms with Crippen molar-refractivity contribution in [1.29, 1.82) is 0 Å². The Kier molecular flexibility index (Phi) is 7.63. The van der Waals surface area contributed by atoms with Crippen molar-refractivity contribution in [3.05, 3.63) is 70.1 Å². The van der Waals surface area contributed by atoms with Crippen molar-refractivity contribution in [1.82, 2.24) is 0 Å². The molecule has 0 saturated heterocycles. The minimum Gasteiger partial charge on any atom is -0.490 e. The number of rotatable bonds is 6. The molecular weight excluding hydrogens is 360 g/mol. The van der Waals surface area contributed by atoms with Gasteiger partial charge in [-0.3, -0.25) is 0 Å². The van der Waals surface area contributed by atoms with Gasteiger partial charge in [-0.2, -0.15) is 0 Å². The van der Waals surface area contributed by atoms with Gasteiger partial charge in [0.1, 0.15) is 30.3 Å². The molecule has 1 heterocycles. The summed E-state index contributed by atoms with van der Waals surface area (Å²) in [6.07, 6.45) is 0. The van der Waals surface area contributed by atoms with Gasteiger partial charge in [0.15, 0.2) is 0 Å². The van der Waals surface area contributed by atoms with E-state index in [0.717, 1.165) is 10.9 Å². The molecule has 0 bridgehead atoms. The minimum absolute atomic E-state index is 0.320. The number of esters is 1. The Morgan fingerprint density at radius 2 is 1.54 bits per heavy atom. The molecule has 1 aromatic heterocycles. The van der Waals surface area contributed by atoms with E-state index >= 15 is 0 Å². The number of methoxy groups -OCH3 is 1. The summed E-state index contributed by atoms with van der Waals surface area (Å²) < 4.78 is 21.0. The fourth-order valence-corrected chi connectivity index (χ4v) is 2.52. The normalized spacial score (nSPS) is 10.0. The molecule has 6 heteroatoms. The SMILES string of the molecule is CC.COC(=O)c1ccc(OCCOc2ccc3c(C)cc(=O)oc3c2)cc1. The van der Waals surface area contributed by atoms with Gasteiger partial charge in [-0.15, -0.1) is 0 Å². The van der Waals surface area contributed by atoms with Gasteiger partial charge in [0.25, 0.3) is 0 Å². The lowest BCUT2D eigenvalue weighted by atomic mass is 10.1. The lowest BCUT2D eigenvalue weighted by molar-refractivity contribution is 0.0600. The molecule has 0 amide bonds. The number of benzene rings is 2. The van der Waals surface area contributed by atoms with E-state index in [4.69, 9.17) is 13.9 Å². The van der Waals surface area contributed by atoms with Crippen LogP contribution in [0.5, 0.6) is 11.5 Å². The van der Waals surface area contributed by atoms with Crippen LogP contribution in [0.1, 0.15) is 29.8 Å². The Hall–Kier alpha value is -3.28. The highest BCUT2D eigenvalue weighted by Crippen LogP contribution is 2.22. The molecule has 0 N–H and O–H groups in total. The van der Waals surface area contributed by atoms with Crippen LogP contribution >= 0.6 is 0 Å². The predicted molar refractivity (Wildman–Crippen MR) is 107 cm³/mol. The zero-order valence-electron chi connectivity index (χ0n) is 16.5. The van der Waals surface area contributed by atoms with Crippen molar-refractivity contribution in [2.75, 3.05) is 20.3 Å². The van der Waals surface area contributed by atoms with E-state index in [-0.39, 0.29) is 5.63 Å². The summed E-state index contributed by atoms with van der Waals surface area (Å²) in [4.78, 5) is 22.8. The molecule has 0 aliphatic heterocycles. The first-order valence-corrected chi connectivity index (χ1v) is 9.05. The molecule has 0 spiro atoms. The summed E-state index contributed by atoms with van der Waals surface area (Å²) in [7, 11) is 1.34. The fourth-order valence-electron chi connectivity index (χ4n) is 2.52. The van der Waals surface area contributed by atoms with Crippen LogP contribution in [0.2, 0.25) is 0 Å². The monoisotopic (exact) mass is 384 g/mol. The van der Waals surface area contributed by atoms with Crippen LogP contribution in [0.25, 0.3) is 11.0 Å². The summed E-state index contributed by atoms with van der Waals surface area (Å²) in [6.45, 7) is 6.51. The highest BCUT2D eigenvalue weighted by molar-refractivity contribution is 5.89. The van der Waals surface area contributed by atoms with Gasteiger partial charge in [-0.1, -0.05) is 13.8 Å². The Morgan fingerprint density at radius 3 is 2.18 bits per heavy atom. The number of hydrogen-bond donors (Lipinski definition) is 0. The molecule has 3 aromatic rings. The molecule has 0 saturated carbocycles. The largest absolute Gasteiger partial charge is 0.490 e. The molecule has 28 heavy (non-hydrogen) atoms. The number of fused-ring (bicyclic) bond motifs is 1. The van der Waals surface area contributed by atoms with E-state index in [0.29, 0.717) is 35.9 Å². The molecule has 148 valence electrons. The first kappa shape index (κ1) is 21.0. The van der Waals surface area contributed by atoms with Crippen LogP contribution in [0.4, 0.5) is 0 Å². The molecule has 0 radical (unpaired) electrons. The molecule has 0 aliphatic carbocycles. The molecule has 0 unspecified atom stereocenters. The third kappa shape index (κ3) is 5.36. The standard InChI is InChI=1S/C20H18O6.C2H6/c1-13-11-19(21)26-18-12-16(7-8-17(13)18)25-10-9-24-15-5-3-14(4-6-15)20(22)23-2;1-2/h3-8,11-12H,9-10H2,1-2H3;1-2H3. The van der Waals surface area contributed by atoms with E-state index in [9.17, 15) is 9.59 Å². The smallest absolute Gasteiger partial charge is 0.337 e. The van der Waals surface area contributed by atoms with Crippen LogP contribution in [-0.4, -0.2) is 26.3 Å². The minimum atomic E-state index is -0.391. The van der Waals surface area contributed by atoms with Crippen molar-refractivity contribution in [2.45, 2.75) is 20.8 Å². The number of hydrogen-bond acceptors (Lipinski definition) is 6. The second-order valence-electron chi connectivity index (χ2n) is 5.62. The molecule has 0 aliphatic rings. The zero-order valence-corrected chi connectivity index (χ0v) is 16.5. The van der Waals surface area contributed by atoms with Gasteiger partial charge in [0, 0.05) is 17.5 Å². The summed E-state index contributed by atoms with van der Waals surface area (Å²) in [5.74, 6) is 0.829. The first-order chi connectivity index (χ1) is 13.6. The van der Waals surface area contributed by atoms with Crippen LogP contribution < -0.4 is 15.1 Å². The third-order valence-electron chi connectivity index (χ3n) is 3.82. The van der Waals surface area contributed by atoms with Crippen molar-refractivity contribution >= 4 is 16.9 Å². The van der Waals surface area contributed by atoms with Gasteiger partial charge in [-0.25, -0.2) is 9.59 Å². The Balaban J connectivity index is 0.00000136. The molecule has 0 atom stereocenters. The maximum absolute atomic E-state index is 11.5. The Labute approximate surface area is 163 Å². The maximum atomic E-state index is 11.5. The Bertz CT molecular complexity index is 972. The number of carbonyl (C=O) groups is 1. The predicted octanol–water partition coefficient (Wildman–Crippen LogP) is 4.37. The van der Waals surface area contributed by atoms with Crippen LogP contribution in [-0.2, 0) is 4.74 Å². The second-order valence-corrected chi connectivity index (χ2v) is 5.62. The van der Waals surface area contributed by atoms with Crippen LogP contribution in [0, 0.1) is 6.92 Å². The fraction of sp³-hybridized carbons (Fsp3) is 0.273. The van der Waals surface area contributed by atoms with Gasteiger partial charge in [0.2, 0.25) is 0 Å². The molecule has 2 aromatic carbocycles. The summed E-state index contributed by atoms with van der Waals surface area (Å²) in [5.41, 5.74) is 1.43. The number of aryl methyl sites for hydroxylation is 1. The van der Waals surface area contributed by atoms with Crippen molar-refractivity contribution < 1.29 is 23.4 Å². The van der Waals surface area contributed by atoms with E-state index in [1.807, 2.05) is 32.9 Å².